The fraction of sp³-hybridized carbons (Fsp3) is 0.0588. The normalized spacial score (nSPS) is 11.1. The van der Waals surface area contributed by atoms with Crippen LogP contribution < -0.4 is 0 Å². The number of fused-ring (bicyclic) bond motifs is 1. The van der Waals surface area contributed by atoms with Crippen LogP contribution in [0.2, 0.25) is 0 Å². The van der Waals surface area contributed by atoms with Gasteiger partial charge in [-0.3, -0.25) is 0 Å². The Kier molecular flexibility index (Phi) is 5.52. The highest BCUT2D eigenvalue weighted by molar-refractivity contribution is 6.09. The van der Waals surface area contributed by atoms with E-state index in [1.807, 2.05) is 0 Å². The second-order valence-electron chi connectivity index (χ2n) is 9.05. The second kappa shape index (κ2) is 9.12. The average Bonchev–Trinajstić information content (AvgIpc) is 3.21. The Bertz CT molecular complexity index is 1580. The first-order chi connectivity index (χ1) is 17.3. The lowest BCUT2D eigenvalue weighted by Crippen LogP contribution is -2.02. The predicted octanol–water partition coefficient (Wildman–Crippen LogP) is 9.00. The number of rotatable bonds is 5. The van der Waals surface area contributed by atoms with Crippen LogP contribution in [0.3, 0.4) is 0 Å². The molecule has 5 aromatic carbocycles. The molecule has 168 valence electrons. The largest absolute Gasteiger partial charge is 0.340 e. The van der Waals surface area contributed by atoms with Crippen molar-refractivity contribution in [2.45, 2.75) is 13.5 Å². The minimum Gasteiger partial charge on any atom is -0.340 e. The van der Waals surface area contributed by atoms with Crippen molar-refractivity contribution in [3.63, 3.8) is 0 Å². The van der Waals surface area contributed by atoms with Crippen LogP contribution in [0.15, 0.2) is 133 Å². The van der Waals surface area contributed by atoms with Gasteiger partial charge >= 0.3 is 0 Å². The summed E-state index contributed by atoms with van der Waals surface area (Å²) in [5.41, 5.74) is 11.4. The second-order valence-corrected chi connectivity index (χ2v) is 9.05. The topological polar surface area (TPSA) is 4.93 Å². The van der Waals surface area contributed by atoms with Gasteiger partial charge in [-0.15, -0.1) is 0 Å². The molecule has 0 spiro atoms. The molecular formula is C34H27N. The molecule has 35 heavy (non-hydrogen) atoms. The summed E-state index contributed by atoms with van der Waals surface area (Å²) in [5.74, 6) is 0. The molecule has 0 aliphatic heterocycles. The number of hydrogen-bond acceptors (Lipinski definition) is 0. The average molecular weight is 450 g/mol. The molecule has 0 amide bonds. The molecule has 0 saturated heterocycles. The fourth-order valence-electron chi connectivity index (χ4n) is 5.17. The first-order valence-corrected chi connectivity index (χ1v) is 12.2. The van der Waals surface area contributed by atoms with Gasteiger partial charge in [-0.25, -0.2) is 0 Å². The van der Waals surface area contributed by atoms with E-state index in [0.29, 0.717) is 0 Å². The van der Waals surface area contributed by atoms with Crippen LogP contribution >= 0.6 is 0 Å². The van der Waals surface area contributed by atoms with Gasteiger partial charge in [0.25, 0.3) is 0 Å². The zero-order valence-electron chi connectivity index (χ0n) is 19.9. The lowest BCUT2D eigenvalue weighted by atomic mass is 9.92. The van der Waals surface area contributed by atoms with Crippen molar-refractivity contribution in [2.24, 2.45) is 0 Å². The number of benzene rings is 5. The standard InChI is InChI=1S/C34H27N/c1-25-33(29-20-12-5-13-21-29)34-31(28-18-10-4-11-19-28)22-30(27-16-8-3-9-17-27)23-32(34)35(25)24-26-14-6-2-7-15-26/h2-23H,24H2,1H3. The number of nitrogens with zero attached hydrogens (tertiary/aromatic N) is 1. The van der Waals surface area contributed by atoms with E-state index in [4.69, 9.17) is 0 Å². The zero-order chi connectivity index (χ0) is 23.6. The lowest BCUT2D eigenvalue weighted by molar-refractivity contribution is 0.806. The molecule has 1 heteroatoms. The highest BCUT2D eigenvalue weighted by Crippen LogP contribution is 2.43. The Morgan fingerprint density at radius 2 is 1.03 bits per heavy atom. The first kappa shape index (κ1) is 21.2. The van der Waals surface area contributed by atoms with E-state index in [2.05, 4.69) is 145 Å². The summed E-state index contributed by atoms with van der Waals surface area (Å²) in [6.07, 6.45) is 0. The molecule has 1 aromatic heterocycles. The maximum atomic E-state index is 2.49. The van der Waals surface area contributed by atoms with Gasteiger partial charge in [0.05, 0.1) is 5.52 Å². The van der Waals surface area contributed by atoms with Gasteiger partial charge in [-0.05, 0) is 52.4 Å². The Morgan fingerprint density at radius 1 is 0.514 bits per heavy atom. The van der Waals surface area contributed by atoms with E-state index >= 15 is 0 Å². The van der Waals surface area contributed by atoms with Crippen LogP contribution in [0.1, 0.15) is 11.3 Å². The molecule has 0 unspecified atom stereocenters. The Balaban J connectivity index is 1.72. The van der Waals surface area contributed by atoms with Crippen molar-refractivity contribution in [2.75, 3.05) is 0 Å². The Hall–Kier alpha value is -4.36. The Labute approximate surface area is 206 Å². The monoisotopic (exact) mass is 449 g/mol. The minimum atomic E-state index is 0.836. The van der Waals surface area contributed by atoms with Gasteiger partial charge in [0, 0.05) is 23.2 Å². The van der Waals surface area contributed by atoms with Gasteiger partial charge in [-0.1, -0.05) is 121 Å². The molecule has 6 rings (SSSR count). The Morgan fingerprint density at radius 3 is 1.63 bits per heavy atom. The third kappa shape index (κ3) is 3.96. The molecule has 0 radical (unpaired) electrons. The minimum absolute atomic E-state index is 0.836. The van der Waals surface area contributed by atoms with Crippen molar-refractivity contribution in [3.8, 4) is 33.4 Å². The maximum absolute atomic E-state index is 2.49. The lowest BCUT2D eigenvalue weighted by Gasteiger charge is -2.13. The van der Waals surface area contributed by atoms with Crippen LogP contribution in [0.5, 0.6) is 0 Å². The maximum Gasteiger partial charge on any atom is 0.0504 e. The zero-order valence-corrected chi connectivity index (χ0v) is 19.9. The molecule has 0 atom stereocenters. The molecule has 0 aliphatic rings. The molecular weight excluding hydrogens is 422 g/mol. The van der Waals surface area contributed by atoms with Gasteiger partial charge in [-0.2, -0.15) is 0 Å². The summed E-state index contributed by atoms with van der Waals surface area (Å²) in [7, 11) is 0. The molecule has 0 bridgehead atoms. The van der Waals surface area contributed by atoms with Crippen LogP contribution in [0.4, 0.5) is 0 Å². The van der Waals surface area contributed by atoms with Crippen LogP contribution in [-0.2, 0) is 6.54 Å². The van der Waals surface area contributed by atoms with Gasteiger partial charge < -0.3 is 4.57 Å². The first-order valence-electron chi connectivity index (χ1n) is 12.2. The van der Waals surface area contributed by atoms with E-state index in [-0.39, 0.29) is 0 Å². The van der Waals surface area contributed by atoms with E-state index in [0.717, 1.165) is 6.54 Å². The summed E-state index contributed by atoms with van der Waals surface area (Å²) in [6, 6.07) is 47.8. The van der Waals surface area contributed by atoms with E-state index in [9.17, 15) is 0 Å². The number of aromatic nitrogens is 1. The van der Waals surface area contributed by atoms with Gasteiger partial charge in [0.15, 0.2) is 0 Å². The predicted molar refractivity (Wildman–Crippen MR) is 149 cm³/mol. The molecule has 6 aromatic rings. The molecule has 0 fully saturated rings. The molecule has 1 heterocycles. The highest BCUT2D eigenvalue weighted by atomic mass is 15.0. The number of hydrogen-bond donors (Lipinski definition) is 0. The van der Waals surface area contributed by atoms with E-state index in [1.54, 1.807) is 0 Å². The van der Waals surface area contributed by atoms with Crippen molar-refractivity contribution in [3.05, 3.63) is 145 Å². The van der Waals surface area contributed by atoms with Crippen molar-refractivity contribution < 1.29 is 0 Å². The van der Waals surface area contributed by atoms with Crippen LogP contribution in [0.25, 0.3) is 44.3 Å². The third-order valence-corrected chi connectivity index (χ3v) is 6.86. The molecule has 1 nitrogen and oxygen atoms in total. The van der Waals surface area contributed by atoms with Crippen LogP contribution in [0, 0.1) is 6.92 Å². The summed E-state index contributed by atoms with van der Waals surface area (Å²) in [6.45, 7) is 3.10. The van der Waals surface area contributed by atoms with Crippen LogP contribution in [-0.4, -0.2) is 4.57 Å². The molecule has 0 N–H and O–H groups in total. The molecule has 0 aliphatic carbocycles. The summed E-state index contributed by atoms with van der Waals surface area (Å²) >= 11 is 0. The van der Waals surface area contributed by atoms with Crippen molar-refractivity contribution >= 4 is 10.9 Å². The SMILES string of the molecule is Cc1c(-c2ccccc2)c2c(-c3ccccc3)cc(-c3ccccc3)cc2n1Cc1ccccc1. The smallest absolute Gasteiger partial charge is 0.0504 e. The summed E-state index contributed by atoms with van der Waals surface area (Å²) < 4.78 is 2.49. The van der Waals surface area contributed by atoms with Crippen molar-refractivity contribution in [1.29, 1.82) is 0 Å². The van der Waals surface area contributed by atoms with Gasteiger partial charge in [0.1, 0.15) is 0 Å². The third-order valence-electron chi connectivity index (χ3n) is 6.86. The highest BCUT2D eigenvalue weighted by Gasteiger charge is 2.21. The quantitative estimate of drug-likeness (QED) is 0.247. The fourth-order valence-corrected chi connectivity index (χ4v) is 5.17. The summed E-state index contributed by atoms with van der Waals surface area (Å²) in [5, 5.41) is 1.32. The van der Waals surface area contributed by atoms with Crippen molar-refractivity contribution in [1.82, 2.24) is 4.57 Å². The van der Waals surface area contributed by atoms with E-state index in [1.165, 1.54) is 55.5 Å². The molecule has 0 saturated carbocycles. The summed E-state index contributed by atoms with van der Waals surface area (Å²) in [4.78, 5) is 0. The van der Waals surface area contributed by atoms with E-state index < -0.39 is 0 Å². The van der Waals surface area contributed by atoms with Gasteiger partial charge in [0.2, 0.25) is 0 Å².